The summed E-state index contributed by atoms with van der Waals surface area (Å²) in [6.45, 7) is 12.2. The van der Waals surface area contributed by atoms with Crippen LogP contribution < -0.4 is 10.6 Å². The molecule has 1 saturated heterocycles. The van der Waals surface area contributed by atoms with E-state index in [1.54, 1.807) is 0 Å². The number of piperidine rings is 1. The van der Waals surface area contributed by atoms with Gasteiger partial charge in [-0.05, 0) is 52.5 Å². The predicted molar refractivity (Wildman–Crippen MR) is 133 cm³/mol. The number of likely N-dealkylation sites (tertiary alicyclic amines) is 1. The lowest BCUT2D eigenvalue weighted by Crippen LogP contribution is -2.47. The second kappa shape index (κ2) is 13.8. The largest absolute Gasteiger partial charge is 0.444 e. The number of rotatable bonds is 8. The zero-order chi connectivity index (χ0) is 22.0. The van der Waals surface area contributed by atoms with Gasteiger partial charge in [0.2, 0.25) is 0 Å². The fourth-order valence-corrected chi connectivity index (χ4v) is 3.26. The smallest absolute Gasteiger partial charge is 0.407 e. The van der Waals surface area contributed by atoms with Crippen LogP contribution in [0.5, 0.6) is 0 Å². The average Bonchev–Trinajstić information content (AvgIpc) is 3.09. The Morgan fingerprint density at radius 3 is 2.55 bits per heavy atom. The van der Waals surface area contributed by atoms with Crippen molar-refractivity contribution >= 4 is 36.0 Å². The van der Waals surface area contributed by atoms with Crippen LogP contribution in [0.15, 0.2) is 17.4 Å². The van der Waals surface area contributed by atoms with E-state index in [0.29, 0.717) is 13.2 Å². The topological polar surface area (TPSA) is 93.0 Å². The molecule has 0 radical (unpaired) electrons. The van der Waals surface area contributed by atoms with Crippen molar-refractivity contribution in [2.45, 2.75) is 65.2 Å². The van der Waals surface area contributed by atoms with E-state index in [9.17, 15) is 4.79 Å². The van der Waals surface area contributed by atoms with E-state index in [-0.39, 0.29) is 36.2 Å². The first-order valence-corrected chi connectivity index (χ1v) is 10.8. The van der Waals surface area contributed by atoms with Crippen molar-refractivity contribution in [1.82, 2.24) is 25.3 Å². The molecular weight excluding hydrogens is 511 g/mol. The molecule has 0 saturated carbocycles. The summed E-state index contributed by atoms with van der Waals surface area (Å²) in [5, 5.41) is 10.5. The van der Waals surface area contributed by atoms with Crippen LogP contribution in [0, 0.1) is 6.92 Å². The van der Waals surface area contributed by atoms with Gasteiger partial charge in [0, 0.05) is 46.0 Å². The first-order chi connectivity index (χ1) is 14.3. The summed E-state index contributed by atoms with van der Waals surface area (Å²) in [4.78, 5) is 18.3. The van der Waals surface area contributed by atoms with Gasteiger partial charge in [-0.1, -0.05) is 0 Å². The highest BCUT2D eigenvalue weighted by atomic mass is 127. The quantitative estimate of drug-likeness (QED) is 0.224. The molecule has 0 atom stereocenters. The van der Waals surface area contributed by atoms with E-state index < -0.39 is 5.60 Å². The van der Waals surface area contributed by atoms with Gasteiger partial charge in [-0.15, -0.1) is 24.0 Å². The second-order valence-electron chi connectivity index (χ2n) is 8.59. The third kappa shape index (κ3) is 11.0. The molecule has 1 fully saturated rings. The summed E-state index contributed by atoms with van der Waals surface area (Å²) >= 11 is 0. The first kappa shape index (κ1) is 27.5. The van der Waals surface area contributed by atoms with Crippen molar-refractivity contribution < 1.29 is 14.3 Å². The number of carbonyl (C=O) groups is 1. The molecule has 1 amide bonds. The van der Waals surface area contributed by atoms with E-state index in [2.05, 4.69) is 25.6 Å². The number of nitrogens with one attached hydrogen (secondary N) is 2. The number of nitrogens with zero attached hydrogens (tertiary/aromatic N) is 4. The minimum absolute atomic E-state index is 0. The fourth-order valence-electron chi connectivity index (χ4n) is 3.26. The number of aliphatic imine (C=N–C) groups is 1. The van der Waals surface area contributed by atoms with E-state index in [1.807, 2.05) is 51.8 Å². The van der Waals surface area contributed by atoms with Gasteiger partial charge in [-0.3, -0.25) is 9.67 Å². The summed E-state index contributed by atoms with van der Waals surface area (Å²) in [5.74, 6) is 0.930. The molecule has 2 N–H and O–H groups in total. The lowest BCUT2D eigenvalue weighted by molar-refractivity contribution is 0.0170. The number of carbonyl (C=O) groups excluding carboxylic acids is 1. The van der Waals surface area contributed by atoms with E-state index >= 15 is 0 Å². The third-order valence-corrected chi connectivity index (χ3v) is 4.68. The number of halogens is 1. The lowest BCUT2D eigenvalue weighted by Gasteiger charge is -2.34. The Balaban J connectivity index is 0.00000480. The highest BCUT2D eigenvalue weighted by molar-refractivity contribution is 14.0. The van der Waals surface area contributed by atoms with Crippen molar-refractivity contribution in [3.63, 3.8) is 0 Å². The van der Waals surface area contributed by atoms with Crippen LogP contribution in [0.1, 0.15) is 45.6 Å². The molecule has 0 bridgehead atoms. The van der Waals surface area contributed by atoms with Crippen LogP contribution in [0.4, 0.5) is 4.79 Å². The van der Waals surface area contributed by atoms with Crippen molar-refractivity contribution in [3.05, 3.63) is 18.0 Å². The van der Waals surface area contributed by atoms with E-state index in [0.717, 1.165) is 51.4 Å². The van der Waals surface area contributed by atoms with Crippen molar-refractivity contribution in [2.75, 3.05) is 39.8 Å². The number of hydrogen-bond donors (Lipinski definition) is 2. The summed E-state index contributed by atoms with van der Waals surface area (Å²) in [5.41, 5.74) is 0.699. The molecule has 0 aromatic carbocycles. The van der Waals surface area contributed by atoms with E-state index in [1.165, 1.54) is 5.56 Å². The van der Waals surface area contributed by atoms with Crippen LogP contribution in [-0.2, 0) is 16.0 Å². The molecule has 1 aromatic heterocycles. The third-order valence-electron chi connectivity index (χ3n) is 4.68. The molecule has 9 nitrogen and oxygen atoms in total. The Labute approximate surface area is 203 Å². The molecular formula is C21H39IN6O3. The standard InChI is InChI=1S/C21H38N6O3.HI/c1-17-15-25-27(16-17)13-10-23-19(22-5)26-11-7-18(8-12-26)29-14-6-9-24-20(28)30-21(2,3)4;/h15-16,18H,6-14H2,1-5H3,(H,22,23)(H,24,28);1H. The maximum atomic E-state index is 11.6. The van der Waals surface area contributed by atoms with Crippen molar-refractivity contribution in [1.29, 1.82) is 0 Å². The molecule has 0 aliphatic carbocycles. The predicted octanol–water partition coefficient (Wildman–Crippen LogP) is 2.78. The Kier molecular flexibility index (Phi) is 12.2. The van der Waals surface area contributed by atoms with Crippen molar-refractivity contribution in [3.8, 4) is 0 Å². The fraction of sp³-hybridized carbons (Fsp3) is 0.762. The van der Waals surface area contributed by atoms with Crippen LogP contribution in [0.3, 0.4) is 0 Å². The minimum atomic E-state index is -0.470. The molecule has 1 aromatic rings. The maximum Gasteiger partial charge on any atom is 0.407 e. The highest BCUT2D eigenvalue weighted by Gasteiger charge is 2.22. The van der Waals surface area contributed by atoms with Gasteiger partial charge < -0.3 is 25.0 Å². The summed E-state index contributed by atoms with van der Waals surface area (Å²) in [6, 6.07) is 0. The number of guanidine groups is 1. The van der Waals surface area contributed by atoms with Gasteiger partial charge in [0.05, 0.1) is 18.8 Å². The van der Waals surface area contributed by atoms with Gasteiger partial charge in [-0.25, -0.2) is 4.79 Å². The molecule has 0 spiro atoms. The van der Waals surface area contributed by atoms with Gasteiger partial charge in [0.15, 0.2) is 5.96 Å². The maximum absolute atomic E-state index is 11.6. The molecule has 178 valence electrons. The first-order valence-electron chi connectivity index (χ1n) is 10.8. The number of hydrogen-bond acceptors (Lipinski definition) is 5. The SMILES string of the molecule is CN=C(NCCn1cc(C)cn1)N1CCC(OCCCNC(=O)OC(C)(C)C)CC1.I. The van der Waals surface area contributed by atoms with Gasteiger partial charge in [-0.2, -0.15) is 5.10 Å². The van der Waals surface area contributed by atoms with Gasteiger partial charge in [0.25, 0.3) is 0 Å². The summed E-state index contributed by atoms with van der Waals surface area (Å²) in [6.07, 6.45) is 6.50. The molecule has 2 rings (SSSR count). The molecule has 1 aliphatic heterocycles. The van der Waals surface area contributed by atoms with Crippen LogP contribution in [-0.4, -0.2) is 78.3 Å². The number of amides is 1. The zero-order valence-corrected chi connectivity index (χ0v) is 21.8. The molecule has 2 heterocycles. The van der Waals surface area contributed by atoms with Crippen LogP contribution in [0.25, 0.3) is 0 Å². The van der Waals surface area contributed by atoms with E-state index in [4.69, 9.17) is 9.47 Å². The lowest BCUT2D eigenvalue weighted by atomic mass is 10.1. The zero-order valence-electron chi connectivity index (χ0n) is 19.5. The molecule has 1 aliphatic rings. The van der Waals surface area contributed by atoms with Gasteiger partial charge in [0.1, 0.15) is 5.60 Å². The van der Waals surface area contributed by atoms with Crippen LogP contribution in [0.2, 0.25) is 0 Å². The van der Waals surface area contributed by atoms with Gasteiger partial charge >= 0.3 is 6.09 Å². The number of alkyl carbamates (subject to hydrolysis) is 1. The molecule has 31 heavy (non-hydrogen) atoms. The molecule has 0 unspecified atom stereocenters. The number of ether oxygens (including phenoxy) is 2. The number of aromatic nitrogens is 2. The second-order valence-corrected chi connectivity index (χ2v) is 8.59. The molecule has 10 heteroatoms. The monoisotopic (exact) mass is 550 g/mol. The normalized spacial score (nSPS) is 15.4. The van der Waals surface area contributed by atoms with Crippen molar-refractivity contribution in [2.24, 2.45) is 4.99 Å². The average molecular weight is 550 g/mol. The van der Waals surface area contributed by atoms with Crippen LogP contribution >= 0.6 is 24.0 Å². The Morgan fingerprint density at radius 2 is 1.97 bits per heavy atom. The Bertz CT molecular complexity index is 681. The summed E-state index contributed by atoms with van der Waals surface area (Å²) in [7, 11) is 1.82. The Morgan fingerprint density at radius 1 is 1.26 bits per heavy atom. The summed E-state index contributed by atoms with van der Waals surface area (Å²) < 4.78 is 13.1. The Hall–Kier alpha value is -1.56. The number of aryl methyl sites for hydroxylation is 1. The minimum Gasteiger partial charge on any atom is -0.444 e. The highest BCUT2D eigenvalue weighted by Crippen LogP contribution is 2.14.